The highest BCUT2D eigenvalue weighted by Crippen LogP contribution is 2.26. The van der Waals surface area contributed by atoms with Crippen molar-refractivity contribution in [2.45, 2.75) is 6.54 Å². The molecule has 68 valence electrons. The molecule has 0 amide bonds. The van der Waals surface area contributed by atoms with Gasteiger partial charge in [-0.15, -0.1) is 0 Å². The van der Waals surface area contributed by atoms with E-state index in [2.05, 4.69) is 5.18 Å². The third-order valence-electron chi connectivity index (χ3n) is 1.51. The summed E-state index contributed by atoms with van der Waals surface area (Å²) in [6.45, 7) is -0.282. The third-order valence-corrected chi connectivity index (χ3v) is 1.87. The Labute approximate surface area is 78.4 Å². The third kappa shape index (κ3) is 2.00. The molecule has 0 radical (unpaired) electrons. The second-order valence-corrected chi connectivity index (χ2v) is 2.69. The van der Waals surface area contributed by atoms with E-state index in [1.807, 2.05) is 0 Å². The SMILES string of the molecule is O=NCc1c(Cl)cccc1[N+](=O)[O-]. The number of hydrogen-bond donors (Lipinski definition) is 0. The first kappa shape index (κ1) is 9.60. The average molecular weight is 201 g/mol. The van der Waals surface area contributed by atoms with Crippen molar-refractivity contribution in [1.82, 2.24) is 0 Å². The fourth-order valence-electron chi connectivity index (χ4n) is 0.939. The highest BCUT2D eigenvalue weighted by molar-refractivity contribution is 6.31. The molecule has 0 fully saturated rings. The molecular weight excluding hydrogens is 196 g/mol. The van der Waals surface area contributed by atoms with Crippen LogP contribution in [0.2, 0.25) is 5.02 Å². The molecule has 0 atom stereocenters. The maximum Gasteiger partial charge on any atom is 0.276 e. The Balaban J connectivity index is 3.24. The van der Waals surface area contributed by atoms with E-state index in [1.165, 1.54) is 18.2 Å². The minimum atomic E-state index is -0.591. The number of hydrogen-bond acceptors (Lipinski definition) is 4. The summed E-state index contributed by atoms with van der Waals surface area (Å²) >= 11 is 5.65. The topological polar surface area (TPSA) is 72.6 Å². The predicted molar refractivity (Wildman–Crippen MR) is 47.6 cm³/mol. The molecule has 0 spiro atoms. The molecule has 0 heterocycles. The van der Waals surface area contributed by atoms with Crippen molar-refractivity contribution in [3.05, 3.63) is 43.8 Å². The van der Waals surface area contributed by atoms with E-state index < -0.39 is 4.92 Å². The van der Waals surface area contributed by atoms with Gasteiger partial charge in [-0.3, -0.25) is 10.1 Å². The number of nitro benzene ring substituents is 1. The second kappa shape index (κ2) is 3.95. The van der Waals surface area contributed by atoms with Crippen LogP contribution in [-0.4, -0.2) is 4.92 Å². The zero-order chi connectivity index (χ0) is 9.84. The molecule has 0 unspecified atom stereocenters. The van der Waals surface area contributed by atoms with Crippen LogP contribution in [0.4, 0.5) is 5.69 Å². The molecule has 0 aromatic heterocycles. The van der Waals surface area contributed by atoms with Crippen LogP contribution >= 0.6 is 11.6 Å². The van der Waals surface area contributed by atoms with Gasteiger partial charge in [0, 0.05) is 6.07 Å². The summed E-state index contributed by atoms with van der Waals surface area (Å²) in [6.07, 6.45) is 0. The van der Waals surface area contributed by atoms with E-state index in [4.69, 9.17) is 11.6 Å². The Morgan fingerprint density at radius 3 is 2.77 bits per heavy atom. The maximum atomic E-state index is 10.5. The van der Waals surface area contributed by atoms with Crippen LogP contribution < -0.4 is 0 Å². The largest absolute Gasteiger partial charge is 0.276 e. The van der Waals surface area contributed by atoms with Gasteiger partial charge < -0.3 is 0 Å². The maximum absolute atomic E-state index is 10.5. The molecule has 0 aliphatic heterocycles. The van der Waals surface area contributed by atoms with Crippen molar-refractivity contribution in [2.75, 3.05) is 0 Å². The fraction of sp³-hybridized carbons (Fsp3) is 0.143. The van der Waals surface area contributed by atoms with E-state index in [9.17, 15) is 15.0 Å². The van der Waals surface area contributed by atoms with E-state index in [-0.39, 0.29) is 22.8 Å². The van der Waals surface area contributed by atoms with Crippen LogP contribution in [0.15, 0.2) is 23.4 Å². The first-order chi connectivity index (χ1) is 6.16. The van der Waals surface area contributed by atoms with Gasteiger partial charge in [0.1, 0.15) is 6.54 Å². The van der Waals surface area contributed by atoms with Crippen molar-refractivity contribution in [2.24, 2.45) is 5.18 Å². The molecule has 1 aromatic rings. The Morgan fingerprint density at radius 1 is 1.54 bits per heavy atom. The number of benzene rings is 1. The summed E-state index contributed by atoms with van der Waals surface area (Å²) < 4.78 is 0. The van der Waals surface area contributed by atoms with E-state index in [1.54, 1.807) is 0 Å². The standard InChI is InChI=1S/C7H5ClN2O3/c8-6-2-1-3-7(10(12)13)5(6)4-9-11/h1-3H,4H2. The number of nitro groups is 1. The van der Waals surface area contributed by atoms with Crippen LogP contribution in [0.25, 0.3) is 0 Å². The Kier molecular flexibility index (Phi) is 2.92. The molecule has 0 bridgehead atoms. The average Bonchev–Trinajstić information content (AvgIpc) is 2.08. The van der Waals surface area contributed by atoms with Gasteiger partial charge in [0.05, 0.1) is 15.5 Å². The highest BCUT2D eigenvalue weighted by Gasteiger charge is 2.15. The van der Waals surface area contributed by atoms with E-state index in [0.717, 1.165) is 0 Å². The number of nitroso groups, excluding NO2 is 1. The first-order valence-electron chi connectivity index (χ1n) is 3.37. The zero-order valence-corrected chi connectivity index (χ0v) is 7.19. The van der Waals surface area contributed by atoms with Crippen molar-refractivity contribution in [3.8, 4) is 0 Å². The monoisotopic (exact) mass is 200 g/mol. The van der Waals surface area contributed by atoms with Gasteiger partial charge >= 0.3 is 0 Å². The zero-order valence-electron chi connectivity index (χ0n) is 6.44. The van der Waals surface area contributed by atoms with Crippen molar-refractivity contribution < 1.29 is 4.92 Å². The molecule has 1 rings (SSSR count). The lowest BCUT2D eigenvalue weighted by Crippen LogP contribution is -1.94. The van der Waals surface area contributed by atoms with Crippen molar-refractivity contribution in [3.63, 3.8) is 0 Å². The Hall–Kier alpha value is -1.49. The van der Waals surface area contributed by atoms with Gasteiger partial charge in [0.15, 0.2) is 0 Å². The lowest BCUT2D eigenvalue weighted by Gasteiger charge is -1.99. The molecular formula is C7H5ClN2O3. The summed E-state index contributed by atoms with van der Waals surface area (Å²) in [5, 5.41) is 13.2. The van der Waals surface area contributed by atoms with Crippen LogP contribution in [0, 0.1) is 15.0 Å². The highest BCUT2D eigenvalue weighted by atomic mass is 35.5. The second-order valence-electron chi connectivity index (χ2n) is 2.28. The van der Waals surface area contributed by atoms with Gasteiger partial charge in [-0.05, 0) is 6.07 Å². The van der Waals surface area contributed by atoms with Crippen molar-refractivity contribution >= 4 is 17.3 Å². The molecule has 0 aliphatic carbocycles. The molecule has 0 N–H and O–H groups in total. The summed E-state index contributed by atoms with van der Waals surface area (Å²) in [5.41, 5.74) is -0.0173. The smallest absolute Gasteiger partial charge is 0.258 e. The lowest BCUT2D eigenvalue weighted by molar-refractivity contribution is -0.385. The quantitative estimate of drug-likeness (QED) is 0.428. The van der Waals surface area contributed by atoms with Crippen LogP contribution in [0.1, 0.15) is 5.56 Å². The van der Waals surface area contributed by atoms with Gasteiger partial charge in [-0.1, -0.05) is 22.8 Å². The number of nitrogens with zero attached hydrogens (tertiary/aromatic N) is 2. The Morgan fingerprint density at radius 2 is 2.23 bits per heavy atom. The Bertz CT molecular complexity index is 354. The van der Waals surface area contributed by atoms with E-state index >= 15 is 0 Å². The van der Waals surface area contributed by atoms with Crippen LogP contribution in [-0.2, 0) is 6.54 Å². The summed E-state index contributed by atoms with van der Waals surface area (Å²) in [4.78, 5) is 19.8. The molecule has 13 heavy (non-hydrogen) atoms. The number of rotatable bonds is 3. The van der Waals surface area contributed by atoms with Crippen LogP contribution in [0.5, 0.6) is 0 Å². The molecule has 0 saturated carbocycles. The van der Waals surface area contributed by atoms with Gasteiger partial charge in [-0.2, -0.15) is 4.91 Å². The minimum Gasteiger partial charge on any atom is -0.258 e. The fourth-order valence-corrected chi connectivity index (χ4v) is 1.17. The molecule has 5 nitrogen and oxygen atoms in total. The van der Waals surface area contributed by atoms with Gasteiger partial charge in [0.2, 0.25) is 0 Å². The van der Waals surface area contributed by atoms with Crippen LogP contribution in [0.3, 0.4) is 0 Å². The minimum absolute atomic E-state index is 0.157. The molecule has 0 aliphatic rings. The summed E-state index contributed by atoms with van der Waals surface area (Å²) in [7, 11) is 0. The molecule has 1 aromatic carbocycles. The van der Waals surface area contributed by atoms with E-state index in [0.29, 0.717) is 0 Å². The van der Waals surface area contributed by atoms with Crippen molar-refractivity contribution in [1.29, 1.82) is 0 Å². The first-order valence-corrected chi connectivity index (χ1v) is 3.75. The normalized spacial score (nSPS) is 9.62. The molecule has 0 saturated heterocycles. The van der Waals surface area contributed by atoms with Gasteiger partial charge in [-0.25, -0.2) is 0 Å². The predicted octanol–water partition coefficient (Wildman–Crippen LogP) is 2.51. The summed E-state index contributed by atoms with van der Waals surface area (Å²) in [6, 6.07) is 4.22. The molecule has 6 heteroatoms. The lowest BCUT2D eigenvalue weighted by atomic mass is 10.2. The van der Waals surface area contributed by atoms with Gasteiger partial charge in [0.25, 0.3) is 5.69 Å². The number of halogens is 1. The summed E-state index contributed by atoms with van der Waals surface area (Å²) in [5.74, 6) is 0.